The number of carbonyl (C=O) groups is 1. The number of aromatic nitrogens is 1. The molecule has 0 amide bonds. The molecule has 0 spiro atoms. The highest BCUT2D eigenvalue weighted by molar-refractivity contribution is 5.96. The molecule has 1 unspecified atom stereocenters. The van der Waals surface area contributed by atoms with E-state index in [4.69, 9.17) is 10.5 Å². The normalized spacial score (nSPS) is 12.6. The Kier molecular flexibility index (Phi) is 3.15. The van der Waals surface area contributed by atoms with E-state index in [1.807, 2.05) is 31.3 Å². The summed E-state index contributed by atoms with van der Waals surface area (Å²) in [7, 11) is 0. The van der Waals surface area contributed by atoms with Gasteiger partial charge in [-0.2, -0.15) is 0 Å². The lowest BCUT2D eigenvalue weighted by Gasteiger charge is -2.09. The van der Waals surface area contributed by atoms with Gasteiger partial charge in [-0.3, -0.25) is 0 Å². The van der Waals surface area contributed by atoms with Crippen molar-refractivity contribution in [1.29, 1.82) is 0 Å². The fourth-order valence-corrected chi connectivity index (χ4v) is 1.72. The number of H-pyrrole nitrogens is 1. The van der Waals surface area contributed by atoms with Crippen molar-refractivity contribution in [2.24, 2.45) is 5.73 Å². The van der Waals surface area contributed by atoms with Gasteiger partial charge < -0.3 is 15.5 Å². The van der Waals surface area contributed by atoms with Crippen molar-refractivity contribution in [2.75, 3.05) is 6.61 Å². The third-order valence-electron chi connectivity index (χ3n) is 2.60. The summed E-state index contributed by atoms with van der Waals surface area (Å²) in [6, 6.07) is 5.61. The molecular formula is C13H16N2O2. The molecule has 0 fully saturated rings. The zero-order valence-electron chi connectivity index (χ0n) is 9.99. The van der Waals surface area contributed by atoms with Crippen LogP contribution >= 0.6 is 0 Å². The molecule has 4 nitrogen and oxygen atoms in total. The Hall–Kier alpha value is -1.81. The standard InChI is InChI=1S/C13H16N2O2/c1-8-5-10-3-4-15-12(10)6-11(8)13(16)17-7-9(2)14/h3-6,9,15H,7,14H2,1-2H3. The number of carbonyl (C=O) groups excluding carboxylic acids is 1. The molecule has 0 saturated carbocycles. The predicted octanol–water partition coefficient (Wildman–Crippen LogP) is 1.98. The van der Waals surface area contributed by atoms with Crippen LogP contribution in [-0.4, -0.2) is 23.6 Å². The molecule has 17 heavy (non-hydrogen) atoms. The summed E-state index contributed by atoms with van der Waals surface area (Å²) in [6.45, 7) is 3.93. The van der Waals surface area contributed by atoms with E-state index in [1.54, 1.807) is 6.92 Å². The van der Waals surface area contributed by atoms with Gasteiger partial charge >= 0.3 is 5.97 Å². The van der Waals surface area contributed by atoms with Gasteiger partial charge in [-0.25, -0.2) is 4.79 Å². The Morgan fingerprint density at radius 3 is 3.00 bits per heavy atom. The second-order valence-corrected chi connectivity index (χ2v) is 4.31. The van der Waals surface area contributed by atoms with E-state index in [-0.39, 0.29) is 18.6 Å². The number of benzene rings is 1. The summed E-state index contributed by atoms with van der Waals surface area (Å²) in [4.78, 5) is 14.9. The van der Waals surface area contributed by atoms with E-state index in [2.05, 4.69) is 4.98 Å². The smallest absolute Gasteiger partial charge is 0.338 e. The molecule has 1 aromatic heterocycles. The van der Waals surface area contributed by atoms with Crippen LogP contribution in [0.2, 0.25) is 0 Å². The zero-order chi connectivity index (χ0) is 12.4. The van der Waals surface area contributed by atoms with E-state index < -0.39 is 0 Å². The van der Waals surface area contributed by atoms with Crippen molar-refractivity contribution in [1.82, 2.24) is 4.98 Å². The molecular weight excluding hydrogens is 216 g/mol. The summed E-state index contributed by atoms with van der Waals surface area (Å²) in [5, 5.41) is 1.09. The molecule has 0 aliphatic carbocycles. The Morgan fingerprint density at radius 2 is 2.29 bits per heavy atom. The SMILES string of the molecule is Cc1cc2cc[nH]c2cc1C(=O)OCC(C)N. The molecule has 1 heterocycles. The van der Waals surface area contributed by atoms with Crippen LogP contribution in [0, 0.1) is 6.92 Å². The highest BCUT2D eigenvalue weighted by Crippen LogP contribution is 2.19. The van der Waals surface area contributed by atoms with Gasteiger partial charge in [0.25, 0.3) is 0 Å². The molecule has 0 aliphatic rings. The number of nitrogens with two attached hydrogens (primary N) is 1. The molecule has 1 aromatic carbocycles. The lowest BCUT2D eigenvalue weighted by atomic mass is 10.1. The van der Waals surface area contributed by atoms with Crippen molar-refractivity contribution >= 4 is 16.9 Å². The van der Waals surface area contributed by atoms with Gasteiger partial charge in [0, 0.05) is 17.8 Å². The van der Waals surface area contributed by atoms with Gasteiger partial charge in [0.05, 0.1) is 5.56 Å². The molecule has 0 bridgehead atoms. The summed E-state index contributed by atoms with van der Waals surface area (Å²) in [6.07, 6.45) is 1.85. The van der Waals surface area contributed by atoms with E-state index in [0.29, 0.717) is 5.56 Å². The molecule has 2 rings (SSSR count). The highest BCUT2D eigenvalue weighted by Gasteiger charge is 2.12. The molecule has 0 radical (unpaired) electrons. The molecule has 4 heteroatoms. The fourth-order valence-electron chi connectivity index (χ4n) is 1.72. The Morgan fingerprint density at radius 1 is 1.53 bits per heavy atom. The van der Waals surface area contributed by atoms with Crippen LogP contribution in [0.15, 0.2) is 24.4 Å². The van der Waals surface area contributed by atoms with Gasteiger partial charge in [0.2, 0.25) is 0 Å². The average Bonchev–Trinajstić information content (AvgIpc) is 2.71. The number of hydrogen-bond donors (Lipinski definition) is 2. The third-order valence-corrected chi connectivity index (χ3v) is 2.60. The molecule has 0 saturated heterocycles. The van der Waals surface area contributed by atoms with Crippen LogP contribution in [-0.2, 0) is 4.74 Å². The van der Waals surface area contributed by atoms with Gasteiger partial charge in [-0.05, 0) is 43.0 Å². The monoisotopic (exact) mass is 232 g/mol. The number of aromatic amines is 1. The number of nitrogens with one attached hydrogen (secondary N) is 1. The Labute approximate surface area is 99.8 Å². The first-order valence-electron chi connectivity index (χ1n) is 5.58. The maximum Gasteiger partial charge on any atom is 0.338 e. The summed E-state index contributed by atoms with van der Waals surface area (Å²) >= 11 is 0. The van der Waals surface area contributed by atoms with Gasteiger partial charge in [-0.15, -0.1) is 0 Å². The third kappa shape index (κ3) is 2.47. The zero-order valence-corrected chi connectivity index (χ0v) is 9.99. The Bertz CT molecular complexity index is 543. The number of aryl methyl sites for hydroxylation is 1. The number of rotatable bonds is 3. The predicted molar refractivity (Wildman–Crippen MR) is 67.0 cm³/mol. The molecule has 1 atom stereocenters. The molecule has 3 N–H and O–H groups in total. The number of fused-ring (bicyclic) bond motifs is 1. The first kappa shape index (κ1) is 11.7. The van der Waals surface area contributed by atoms with Crippen molar-refractivity contribution in [2.45, 2.75) is 19.9 Å². The van der Waals surface area contributed by atoms with Crippen molar-refractivity contribution in [3.05, 3.63) is 35.5 Å². The quantitative estimate of drug-likeness (QED) is 0.795. The summed E-state index contributed by atoms with van der Waals surface area (Å²) in [5.74, 6) is -0.323. The van der Waals surface area contributed by atoms with E-state index in [9.17, 15) is 4.79 Å². The first-order valence-corrected chi connectivity index (χ1v) is 5.58. The second-order valence-electron chi connectivity index (χ2n) is 4.31. The largest absolute Gasteiger partial charge is 0.460 e. The average molecular weight is 232 g/mol. The highest BCUT2D eigenvalue weighted by atomic mass is 16.5. The van der Waals surface area contributed by atoms with Crippen LogP contribution in [0.5, 0.6) is 0 Å². The van der Waals surface area contributed by atoms with Crippen LogP contribution in [0.1, 0.15) is 22.8 Å². The van der Waals surface area contributed by atoms with Crippen molar-refractivity contribution in [3.63, 3.8) is 0 Å². The minimum Gasteiger partial charge on any atom is -0.460 e. The maximum atomic E-state index is 11.8. The topological polar surface area (TPSA) is 68.1 Å². The molecule has 0 aliphatic heterocycles. The van der Waals surface area contributed by atoms with Gasteiger partial charge in [0.15, 0.2) is 0 Å². The summed E-state index contributed by atoms with van der Waals surface area (Å²) in [5.41, 5.74) is 7.97. The number of ether oxygens (including phenoxy) is 1. The first-order chi connectivity index (χ1) is 8.08. The minimum absolute atomic E-state index is 0.145. The number of hydrogen-bond acceptors (Lipinski definition) is 3. The van der Waals surface area contributed by atoms with Gasteiger partial charge in [0.1, 0.15) is 6.61 Å². The van der Waals surface area contributed by atoms with Gasteiger partial charge in [-0.1, -0.05) is 0 Å². The fraction of sp³-hybridized carbons (Fsp3) is 0.308. The van der Waals surface area contributed by atoms with E-state index >= 15 is 0 Å². The maximum absolute atomic E-state index is 11.8. The minimum atomic E-state index is -0.323. The second kappa shape index (κ2) is 4.59. The number of esters is 1. The lowest BCUT2D eigenvalue weighted by Crippen LogP contribution is -2.24. The van der Waals surface area contributed by atoms with E-state index in [0.717, 1.165) is 16.5 Å². The van der Waals surface area contributed by atoms with Crippen molar-refractivity contribution < 1.29 is 9.53 Å². The van der Waals surface area contributed by atoms with Crippen LogP contribution < -0.4 is 5.73 Å². The lowest BCUT2D eigenvalue weighted by molar-refractivity contribution is 0.0486. The van der Waals surface area contributed by atoms with Crippen LogP contribution in [0.3, 0.4) is 0 Å². The summed E-state index contributed by atoms with van der Waals surface area (Å²) < 4.78 is 5.12. The van der Waals surface area contributed by atoms with Crippen LogP contribution in [0.4, 0.5) is 0 Å². The Balaban J connectivity index is 2.27. The molecule has 90 valence electrons. The van der Waals surface area contributed by atoms with E-state index in [1.165, 1.54) is 0 Å². The van der Waals surface area contributed by atoms with Crippen LogP contribution in [0.25, 0.3) is 10.9 Å². The molecule has 2 aromatic rings. The van der Waals surface area contributed by atoms with Crippen molar-refractivity contribution in [3.8, 4) is 0 Å².